The minimum atomic E-state index is -3.69. The zero-order valence-electron chi connectivity index (χ0n) is 14.1. The Bertz CT molecular complexity index is 882. The molecule has 138 valence electrons. The van der Waals surface area contributed by atoms with E-state index in [1.165, 1.54) is 6.07 Å². The lowest BCUT2D eigenvalue weighted by atomic mass is 10.0. The molecule has 1 amide bonds. The minimum absolute atomic E-state index is 0.423. The van der Waals surface area contributed by atoms with Gasteiger partial charge in [-0.2, -0.15) is 0 Å². The predicted molar refractivity (Wildman–Crippen MR) is 96.0 cm³/mol. The number of nitrogens with one attached hydrogen (secondary N) is 2. The fourth-order valence-electron chi connectivity index (χ4n) is 3.01. The molecule has 1 fully saturated rings. The van der Waals surface area contributed by atoms with Crippen LogP contribution in [0.3, 0.4) is 0 Å². The van der Waals surface area contributed by atoms with E-state index in [0.29, 0.717) is 18.5 Å². The van der Waals surface area contributed by atoms with Gasteiger partial charge in [-0.15, -0.1) is 4.83 Å². The summed E-state index contributed by atoms with van der Waals surface area (Å²) in [4.78, 5) is 18.4. The van der Waals surface area contributed by atoms with Gasteiger partial charge in [-0.25, -0.2) is 17.8 Å². The Hall–Kier alpha value is -2.32. The second kappa shape index (κ2) is 7.92. The average molecular weight is 377 g/mol. The lowest BCUT2D eigenvalue weighted by Crippen LogP contribution is -2.46. The summed E-state index contributed by atoms with van der Waals surface area (Å²) < 4.78 is 38.5. The molecule has 26 heavy (non-hydrogen) atoms. The molecule has 0 radical (unpaired) electrons. The number of hydrazine groups is 1. The standard InChI is InChI=1S/C18H20FN3O3S/c19-15-11-12-16(13-7-3-1-4-8-13)20-17(15)18(23)21-22-26(24,25)14-9-5-2-6-10-14/h1,3-4,7-8,11-12,14,22H,2,5-6,9-10H2,(H,21,23). The zero-order chi connectivity index (χ0) is 18.6. The molecule has 2 N–H and O–H groups in total. The van der Waals surface area contributed by atoms with Crippen LogP contribution in [0.2, 0.25) is 0 Å². The second-order valence-electron chi connectivity index (χ2n) is 6.25. The number of carbonyl (C=O) groups excluding carboxylic acids is 1. The van der Waals surface area contributed by atoms with Crippen molar-refractivity contribution in [2.75, 3.05) is 0 Å². The van der Waals surface area contributed by atoms with Crippen molar-refractivity contribution in [1.29, 1.82) is 0 Å². The van der Waals surface area contributed by atoms with E-state index < -0.39 is 32.7 Å². The monoisotopic (exact) mass is 377 g/mol. The van der Waals surface area contributed by atoms with Gasteiger partial charge in [0, 0.05) is 5.56 Å². The first-order valence-electron chi connectivity index (χ1n) is 8.50. The quantitative estimate of drug-likeness (QED) is 0.785. The van der Waals surface area contributed by atoms with Crippen LogP contribution < -0.4 is 10.3 Å². The number of carbonyl (C=O) groups is 1. The summed E-state index contributed by atoms with van der Waals surface area (Å²) >= 11 is 0. The third kappa shape index (κ3) is 4.25. The van der Waals surface area contributed by atoms with Crippen LogP contribution in [0.4, 0.5) is 4.39 Å². The van der Waals surface area contributed by atoms with E-state index in [1.807, 2.05) is 6.07 Å². The number of hydrogen-bond acceptors (Lipinski definition) is 4. The molecule has 3 rings (SSSR count). The summed E-state index contributed by atoms with van der Waals surface area (Å²) in [6.45, 7) is 0. The first-order chi connectivity index (χ1) is 12.5. The van der Waals surface area contributed by atoms with Crippen molar-refractivity contribution < 1.29 is 17.6 Å². The molecular weight excluding hydrogens is 357 g/mol. The highest BCUT2D eigenvalue weighted by Crippen LogP contribution is 2.23. The largest absolute Gasteiger partial charge is 0.287 e. The number of sulfonamides is 1. The Morgan fingerprint density at radius 2 is 1.73 bits per heavy atom. The summed E-state index contributed by atoms with van der Waals surface area (Å²) in [5, 5.41) is -0.537. The summed E-state index contributed by atoms with van der Waals surface area (Å²) in [6, 6.07) is 11.6. The predicted octanol–water partition coefficient (Wildman–Crippen LogP) is 2.78. The highest BCUT2D eigenvalue weighted by atomic mass is 32.2. The molecule has 0 bridgehead atoms. The molecule has 0 unspecified atom stereocenters. The number of hydrogen-bond donors (Lipinski definition) is 2. The summed E-state index contributed by atoms with van der Waals surface area (Å²) in [5.74, 6) is -1.75. The third-order valence-electron chi connectivity index (χ3n) is 4.43. The van der Waals surface area contributed by atoms with E-state index in [4.69, 9.17) is 0 Å². The van der Waals surface area contributed by atoms with Crippen molar-refractivity contribution in [2.45, 2.75) is 37.4 Å². The number of nitrogens with zero attached hydrogens (tertiary/aromatic N) is 1. The maximum Gasteiger partial charge on any atom is 0.287 e. The van der Waals surface area contributed by atoms with Gasteiger partial charge in [0.2, 0.25) is 10.0 Å². The second-order valence-corrected chi connectivity index (χ2v) is 8.21. The molecule has 1 aromatic carbocycles. The van der Waals surface area contributed by atoms with Gasteiger partial charge in [-0.05, 0) is 25.0 Å². The smallest absolute Gasteiger partial charge is 0.272 e. The van der Waals surface area contributed by atoms with E-state index in [1.54, 1.807) is 24.3 Å². The van der Waals surface area contributed by atoms with E-state index >= 15 is 0 Å². The van der Waals surface area contributed by atoms with Crippen LogP contribution in [0.1, 0.15) is 42.6 Å². The van der Waals surface area contributed by atoms with Crippen molar-refractivity contribution in [2.24, 2.45) is 0 Å². The molecule has 2 aromatic rings. The van der Waals surface area contributed by atoms with Crippen LogP contribution in [0.5, 0.6) is 0 Å². The molecule has 0 spiro atoms. The Labute approximate surface area is 151 Å². The van der Waals surface area contributed by atoms with Gasteiger partial charge in [0.15, 0.2) is 11.5 Å². The summed E-state index contributed by atoms with van der Waals surface area (Å²) in [6.07, 6.45) is 3.81. The number of pyridine rings is 1. The Morgan fingerprint density at radius 3 is 2.42 bits per heavy atom. The van der Waals surface area contributed by atoms with E-state index in [9.17, 15) is 17.6 Å². The van der Waals surface area contributed by atoms with Crippen molar-refractivity contribution in [3.05, 3.63) is 54.0 Å². The maximum absolute atomic E-state index is 14.0. The van der Waals surface area contributed by atoms with Crippen molar-refractivity contribution in [3.8, 4) is 11.3 Å². The van der Waals surface area contributed by atoms with Gasteiger partial charge >= 0.3 is 0 Å². The molecule has 1 heterocycles. The number of rotatable bonds is 5. The lowest BCUT2D eigenvalue weighted by Gasteiger charge is -2.22. The van der Waals surface area contributed by atoms with Gasteiger partial charge in [0.1, 0.15) is 0 Å². The molecule has 1 aromatic heterocycles. The van der Waals surface area contributed by atoms with Crippen LogP contribution >= 0.6 is 0 Å². The SMILES string of the molecule is O=C(NNS(=O)(=O)C1CCCCC1)c1nc(-c2ccccc2)ccc1F. The normalized spacial score (nSPS) is 15.6. The highest BCUT2D eigenvalue weighted by molar-refractivity contribution is 7.90. The number of halogens is 1. The lowest BCUT2D eigenvalue weighted by molar-refractivity contribution is 0.0935. The van der Waals surface area contributed by atoms with Crippen LogP contribution in [0.25, 0.3) is 11.3 Å². The fourth-order valence-corrected chi connectivity index (χ4v) is 4.36. The minimum Gasteiger partial charge on any atom is -0.272 e. The van der Waals surface area contributed by atoms with E-state index in [2.05, 4.69) is 15.2 Å². The first-order valence-corrected chi connectivity index (χ1v) is 10.0. The number of benzene rings is 1. The topological polar surface area (TPSA) is 88.2 Å². The molecule has 0 atom stereocenters. The molecule has 6 nitrogen and oxygen atoms in total. The molecule has 1 aliphatic rings. The summed E-state index contributed by atoms with van der Waals surface area (Å²) in [7, 11) is -3.69. The van der Waals surface area contributed by atoms with Crippen molar-refractivity contribution in [1.82, 2.24) is 15.2 Å². The number of aromatic nitrogens is 1. The molecule has 0 aliphatic heterocycles. The van der Waals surface area contributed by atoms with Crippen LogP contribution in [0.15, 0.2) is 42.5 Å². The van der Waals surface area contributed by atoms with Crippen LogP contribution in [-0.4, -0.2) is 24.6 Å². The van der Waals surface area contributed by atoms with E-state index in [-0.39, 0.29) is 0 Å². The zero-order valence-corrected chi connectivity index (χ0v) is 14.9. The van der Waals surface area contributed by atoms with Gasteiger partial charge in [0.05, 0.1) is 10.9 Å². The third-order valence-corrected chi connectivity index (χ3v) is 6.16. The molecule has 1 aliphatic carbocycles. The van der Waals surface area contributed by atoms with Crippen molar-refractivity contribution >= 4 is 15.9 Å². The average Bonchev–Trinajstić information content (AvgIpc) is 2.68. The van der Waals surface area contributed by atoms with E-state index in [0.717, 1.165) is 30.9 Å². The molecule has 0 saturated heterocycles. The maximum atomic E-state index is 14.0. The first kappa shape index (κ1) is 18.5. The fraction of sp³-hybridized carbons (Fsp3) is 0.333. The Morgan fingerprint density at radius 1 is 1.04 bits per heavy atom. The number of amides is 1. The Kier molecular flexibility index (Phi) is 5.63. The van der Waals surface area contributed by atoms with Gasteiger partial charge in [-0.1, -0.05) is 49.6 Å². The van der Waals surface area contributed by atoms with Crippen molar-refractivity contribution in [3.63, 3.8) is 0 Å². The summed E-state index contributed by atoms with van der Waals surface area (Å²) in [5.41, 5.74) is 2.77. The highest BCUT2D eigenvalue weighted by Gasteiger charge is 2.28. The van der Waals surface area contributed by atoms with Crippen LogP contribution in [0, 0.1) is 5.82 Å². The van der Waals surface area contributed by atoms with Crippen LogP contribution in [-0.2, 0) is 10.0 Å². The molecule has 1 saturated carbocycles. The van der Waals surface area contributed by atoms with Gasteiger partial charge < -0.3 is 0 Å². The Balaban J connectivity index is 1.73. The van der Waals surface area contributed by atoms with Gasteiger partial charge in [-0.3, -0.25) is 10.2 Å². The molecular formula is C18H20FN3O3S. The molecule has 8 heteroatoms. The van der Waals surface area contributed by atoms with Gasteiger partial charge in [0.25, 0.3) is 5.91 Å².